The van der Waals surface area contributed by atoms with Crippen LogP contribution in [0.4, 0.5) is 0 Å². The summed E-state index contributed by atoms with van der Waals surface area (Å²) >= 11 is 0. The Hall–Kier alpha value is -2.64. The van der Waals surface area contributed by atoms with Gasteiger partial charge in [0.1, 0.15) is 17.1 Å². The molecule has 0 radical (unpaired) electrons. The summed E-state index contributed by atoms with van der Waals surface area (Å²) in [5.41, 5.74) is -0.393. The van der Waals surface area contributed by atoms with E-state index < -0.39 is 28.2 Å². The Morgan fingerprint density at radius 2 is 2.05 bits per heavy atom. The number of carboxylic acid groups (broad SMARTS) is 1. The standard InChI is InChI=1S/C11H11NO7/c13-9-4-3-7(6-8(9)11(15)16)19-10(14)2-1-5-12(17)18/h3-4,6,13H,1-2,5H2,(H,15,16). The predicted octanol–water partition coefficient (Wildman–Crippen LogP) is 1.05. The van der Waals surface area contributed by atoms with Crippen LogP contribution in [-0.2, 0) is 4.79 Å². The summed E-state index contributed by atoms with van der Waals surface area (Å²) in [4.78, 5) is 31.5. The second-order valence-electron chi connectivity index (χ2n) is 3.62. The number of aromatic carboxylic acids is 1. The maximum absolute atomic E-state index is 11.3. The molecule has 1 aromatic rings. The number of ether oxygens (including phenoxy) is 1. The van der Waals surface area contributed by atoms with Crippen LogP contribution in [0.1, 0.15) is 23.2 Å². The van der Waals surface area contributed by atoms with Gasteiger partial charge in [0.2, 0.25) is 6.54 Å². The minimum absolute atomic E-state index is 0.0374. The number of nitro groups is 1. The van der Waals surface area contributed by atoms with Crippen molar-refractivity contribution in [3.63, 3.8) is 0 Å². The maximum Gasteiger partial charge on any atom is 0.339 e. The van der Waals surface area contributed by atoms with Crippen molar-refractivity contribution in [3.8, 4) is 11.5 Å². The Bertz CT molecular complexity index is 512. The number of aromatic hydroxyl groups is 1. The molecule has 0 saturated carbocycles. The lowest BCUT2D eigenvalue weighted by molar-refractivity contribution is -0.480. The van der Waals surface area contributed by atoms with Gasteiger partial charge >= 0.3 is 11.9 Å². The average Bonchev–Trinajstić information content (AvgIpc) is 2.30. The minimum atomic E-state index is -1.36. The van der Waals surface area contributed by atoms with Crippen molar-refractivity contribution in [1.29, 1.82) is 0 Å². The van der Waals surface area contributed by atoms with E-state index in [4.69, 9.17) is 9.84 Å². The van der Waals surface area contributed by atoms with Gasteiger partial charge < -0.3 is 14.9 Å². The van der Waals surface area contributed by atoms with Crippen molar-refractivity contribution in [2.45, 2.75) is 12.8 Å². The molecule has 0 heterocycles. The molecular formula is C11H11NO7. The van der Waals surface area contributed by atoms with Crippen LogP contribution in [0.25, 0.3) is 0 Å². The van der Waals surface area contributed by atoms with E-state index in [0.29, 0.717) is 0 Å². The second kappa shape index (κ2) is 6.34. The summed E-state index contributed by atoms with van der Waals surface area (Å²) in [5.74, 6) is -2.55. The highest BCUT2D eigenvalue weighted by Crippen LogP contribution is 2.23. The molecule has 0 aliphatic rings. The summed E-state index contributed by atoms with van der Waals surface area (Å²) < 4.78 is 4.81. The summed E-state index contributed by atoms with van der Waals surface area (Å²) in [6.07, 6.45) is -0.111. The smallest absolute Gasteiger partial charge is 0.339 e. The summed E-state index contributed by atoms with van der Waals surface area (Å²) in [5, 5.41) is 28.1. The fourth-order valence-corrected chi connectivity index (χ4v) is 1.28. The Morgan fingerprint density at radius 3 is 2.63 bits per heavy atom. The molecular weight excluding hydrogens is 258 g/mol. The quantitative estimate of drug-likeness (QED) is 0.342. The van der Waals surface area contributed by atoms with Gasteiger partial charge in [0.05, 0.1) is 6.42 Å². The average molecular weight is 269 g/mol. The summed E-state index contributed by atoms with van der Waals surface area (Å²) in [7, 11) is 0. The predicted molar refractivity (Wildman–Crippen MR) is 61.8 cm³/mol. The fourth-order valence-electron chi connectivity index (χ4n) is 1.28. The number of hydrogen-bond acceptors (Lipinski definition) is 6. The van der Waals surface area contributed by atoms with Gasteiger partial charge in [0.15, 0.2) is 0 Å². The van der Waals surface area contributed by atoms with Crippen LogP contribution in [-0.4, -0.2) is 33.6 Å². The van der Waals surface area contributed by atoms with Crippen molar-refractivity contribution in [1.82, 2.24) is 0 Å². The first kappa shape index (κ1) is 14.4. The van der Waals surface area contributed by atoms with E-state index in [2.05, 4.69) is 0 Å². The van der Waals surface area contributed by atoms with Crippen LogP contribution in [0.2, 0.25) is 0 Å². The summed E-state index contributed by atoms with van der Waals surface area (Å²) in [6, 6.07) is 3.32. The van der Waals surface area contributed by atoms with E-state index >= 15 is 0 Å². The maximum atomic E-state index is 11.3. The van der Waals surface area contributed by atoms with Crippen LogP contribution in [0.3, 0.4) is 0 Å². The lowest BCUT2D eigenvalue weighted by atomic mass is 10.2. The molecule has 0 fully saturated rings. The zero-order chi connectivity index (χ0) is 14.4. The number of phenols is 1. The van der Waals surface area contributed by atoms with Crippen molar-refractivity contribution >= 4 is 11.9 Å². The van der Waals surface area contributed by atoms with Gasteiger partial charge in [-0.25, -0.2) is 4.79 Å². The number of carboxylic acids is 1. The molecule has 8 heteroatoms. The number of benzene rings is 1. The third-order valence-corrected chi connectivity index (χ3v) is 2.15. The molecule has 0 aliphatic carbocycles. The first-order valence-corrected chi connectivity index (χ1v) is 5.29. The van der Waals surface area contributed by atoms with Gasteiger partial charge in [-0.1, -0.05) is 0 Å². The van der Waals surface area contributed by atoms with Gasteiger partial charge in [-0.3, -0.25) is 14.9 Å². The number of carbonyl (C=O) groups is 2. The fraction of sp³-hybridized carbons (Fsp3) is 0.273. The highest BCUT2D eigenvalue weighted by Gasteiger charge is 2.13. The van der Waals surface area contributed by atoms with E-state index in [1.807, 2.05) is 0 Å². The molecule has 19 heavy (non-hydrogen) atoms. The topological polar surface area (TPSA) is 127 Å². The van der Waals surface area contributed by atoms with Crippen molar-refractivity contribution < 1.29 is 29.5 Å². The van der Waals surface area contributed by atoms with Crippen LogP contribution in [0, 0.1) is 10.1 Å². The van der Waals surface area contributed by atoms with E-state index in [1.165, 1.54) is 6.07 Å². The Kier molecular flexibility index (Phi) is 4.81. The molecule has 0 unspecified atom stereocenters. The minimum Gasteiger partial charge on any atom is -0.507 e. The molecule has 102 valence electrons. The van der Waals surface area contributed by atoms with Crippen LogP contribution in [0.15, 0.2) is 18.2 Å². The third-order valence-electron chi connectivity index (χ3n) is 2.15. The third kappa shape index (κ3) is 4.62. The van der Waals surface area contributed by atoms with Gasteiger partial charge in [0, 0.05) is 11.3 Å². The Morgan fingerprint density at radius 1 is 1.37 bits per heavy atom. The molecule has 0 saturated heterocycles. The van der Waals surface area contributed by atoms with Crippen LogP contribution >= 0.6 is 0 Å². The largest absolute Gasteiger partial charge is 0.507 e. The summed E-state index contributed by atoms with van der Waals surface area (Å²) in [6.45, 7) is -0.342. The molecule has 0 aliphatic heterocycles. The molecule has 8 nitrogen and oxygen atoms in total. The Balaban J connectivity index is 2.62. The van der Waals surface area contributed by atoms with E-state index in [1.54, 1.807) is 0 Å². The highest BCUT2D eigenvalue weighted by molar-refractivity contribution is 5.91. The SMILES string of the molecule is O=C(CCC[N+](=O)[O-])Oc1ccc(O)c(C(=O)O)c1. The van der Waals surface area contributed by atoms with Gasteiger partial charge in [-0.15, -0.1) is 0 Å². The normalized spacial score (nSPS) is 9.89. The molecule has 0 aromatic heterocycles. The van der Waals surface area contributed by atoms with Crippen LogP contribution in [0.5, 0.6) is 11.5 Å². The second-order valence-corrected chi connectivity index (χ2v) is 3.62. The van der Waals surface area contributed by atoms with Gasteiger partial charge in [-0.05, 0) is 18.2 Å². The molecule has 1 aromatic carbocycles. The van der Waals surface area contributed by atoms with E-state index in [0.717, 1.165) is 12.1 Å². The van der Waals surface area contributed by atoms with E-state index in [9.17, 15) is 24.8 Å². The van der Waals surface area contributed by atoms with Crippen LogP contribution < -0.4 is 4.74 Å². The number of carbonyl (C=O) groups excluding carboxylic acids is 1. The van der Waals surface area contributed by atoms with Crippen molar-refractivity contribution in [2.24, 2.45) is 0 Å². The first-order valence-electron chi connectivity index (χ1n) is 5.29. The molecule has 0 bridgehead atoms. The lowest BCUT2D eigenvalue weighted by Crippen LogP contribution is -2.11. The van der Waals surface area contributed by atoms with E-state index in [-0.39, 0.29) is 25.1 Å². The van der Waals surface area contributed by atoms with Gasteiger partial charge in [0.25, 0.3) is 0 Å². The number of nitrogens with zero attached hydrogens (tertiary/aromatic N) is 1. The Labute approximate surface area is 107 Å². The molecule has 0 spiro atoms. The molecule has 2 N–H and O–H groups in total. The zero-order valence-corrected chi connectivity index (χ0v) is 9.74. The molecule has 0 amide bonds. The van der Waals surface area contributed by atoms with Crippen molar-refractivity contribution in [2.75, 3.05) is 6.54 Å². The molecule has 1 rings (SSSR count). The number of rotatable bonds is 6. The highest BCUT2D eigenvalue weighted by atomic mass is 16.6. The first-order chi connectivity index (χ1) is 8.90. The monoisotopic (exact) mass is 269 g/mol. The molecule has 0 atom stereocenters. The number of esters is 1. The number of hydrogen-bond donors (Lipinski definition) is 2. The van der Waals surface area contributed by atoms with Gasteiger partial charge in [-0.2, -0.15) is 0 Å². The lowest BCUT2D eigenvalue weighted by Gasteiger charge is -2.05. The van der Waals surface area contributed by atoms with Crippen molar-refractivity contribution in [3.05, 3.63) is 33.9 Å². The zero-order valence-electron chi connectivity index (χ0n) is 9.74.